The second-order valence-electron chi connectivity index (χ2n) is 7.15. The second kappa shape index (κ2) is 7.70. The fourth-order valence-corrected chi connectivity index (χ4v) is 3.94. The molecule has 0 N–H and O–H groups in total. The van der Waals surface area contributed by atoms with E-state index in [1.807, 2.05) is 6.08 Å². The Morgan fingerprint density at radius 3 is 1.68 bits per heavy atom. The zero-order chi connectivity index (χ0) is 19.5. The molecular formula is C28H24. The van der Waals surface area contributed by atoms with E-state index in [1.54, 1.807) is 0 Å². The van der Waals surface area contributed by atoms with Crippen molar-refractivity contribution in [3.05, 3.63) is 114 Å². The fraction of sp³-hybridized carbons (Fsp3) is 0.0714. The Bertz CT molecular complexity index is 1130. The first kappa shape index (κ1) is 18.0. The van der Waals surface area contributed by atoms with Crippen molar-refractivity contribution >= 4 is 6.08 Å². The average molecular weight is 361 g/mol. The van der Waals surface area contributed by atoms with Crippen molar-refractivity contribution < 1.29 is 0 Å². The lowest BCUT2D eigenvalue weighted by Crippen LogP contribution is -1.96. The van der Waals surface area contributed by atoms with Crippen LogP contribution in [0.2, 0.25) is 0 Å². The van der Waals surface area contributed by atoms with Crippen molar-refractivity contribution in [1.29, 1.82) is 0 Å². The molecule has 4 aromatic rings. The average Bonchev–Trinajstić information content (AvgIpc) is 2.74. The van der Waals surface area contributed by atoms with Gasteiger partial charge in [-0.05, 0) is 63.9 Å². The van der Waals surface area contributed by atoms with Crippen molar-refractivity contribution in [1.82, 2.24) is 0 Å². The van der Waals surface area contributed by atoms with E-state index in [0.29, 0.717) is 0 Å². The molecule has 0 atom stereocenters. The summed E-state index contributed by atoms with van der Waals surface area (Å²) in [5, 5.41) is 0. The molecule has 0 spiro atoms. The third-order valence-electron chi connectivity index (χ3n) is 5.38. The quantitative estimate of drug-likeness (QED) is 0.346. The Hall–Kier alpha value is -3.38. The van der Waals surface area contributed by atoms with Gasteiger partial charge in [0.15, 0.2) is 0 Å². The normalized spacial score (nSPS) is 10.6. The summed E-state index contributed by atoms with van der Waals surface area (Å²) in [5.41, 5.74) is 11.2. The molecule has 0 unspecified atom stereocenters. The SMILES string of the molecule is C=Cc1c(-c2ccccc2)ccc(-c2ccccc2C)c1-c1ccccc1C. The summed E-state index contributed by atoms with van der Waals surface area (Å²) in [6.07, 6.45) is 2.01. The van der Waals surface area contributed by atoms with E-state index in [2.05, 4.69) is 111 Å². The Balaban J connectivity index is 2.10. The molecule has 4 aromatic carbocycles. The molecule has 0 radical (unpaired) electrons. The molecule has 0 amide bonds. The van der Waals surface area contributed by atoms with E-state index in [1.165, 1.54) is 50.1 Å². The number of aryl methyl sites for hydroxylation is 2. The zero-order valence-electron chi connectivity index (χ0n) is 16.4. The van der Waals surface area contributed by atoms with Gasteiger partial charge in [-0.15, -0.1) is 0 Å². The van der Waals surface area contributed by atoms with E-state index >= 15 is 0 Å². The standard InChI is InChI=1S/C28H24/c1-4-23-26(22-14-6-5-7-15-22)18-19-27(24-16-10-8-12-20(24)2)28(23)25-17-11-9-13-21(25)3/h4-19H,1H2,2-3H3. The molecule has 0 bridgehead atoms. The van der Waals surface area contributed by atoms with Crippen molar-refractivity contribution in [2.45, 2.75) is 13.8 Å². The minimum absolute atomic E-state index is 1.18. The highest BCUT2D eigenvalue weighted by molar-refractivity contribution is 5.96. The second-order valence-corrected chi connectivity index (χ2v) is 7.15. The van der Waals surface area contributed by atoms with E-state index in [-0.39, 0.29) is 0 Å². The van der Waals surface area contributed by atoms with Gasteiger partial charge in [0.05, 0.1) is 0 Å². The van der Waals surface area contributed by atoms with Crippen LogP contribution in [-0.4, -0.2) is 0 Å². The first-order valence-corrected chi connectivity index (χ1v) is 9.67. The van der Waals surface area contributed by atoms with Gasteiger partial charge in [0.1, 0.15) is 0 Å². The van der Waals surface area contributed by atoms with E-state index in [4.69, 9.17) is 0 Å². The van der Waals surface area contributed by atoms with Crippen molar-refractivity contribution in [2.24, 2.45) is 0 Å². The molecule has 0 fully saturated rings. The molecule has 0 aliphatic rings. The van der Waals surface area contributed by atoms with Gasteiger partial charge in [-0.1, -0.05) is 104 Å². The van der Waals surface area contributed by atoms with Gasteiger partial charge in [0.25, 0.3) is 0 Å². The summed E-state index contributed by atoms with van der Waals surface area (Å²) in [4.78, 5) is 0. The van der Waals surface area contributed by atoms with Gasteiger partial charge >= 0.3 is 0 Å². The van der Waals surface area contributed by atoms with Gasteiger partial charge in [0, 0.05) is 0 Å². The summed E-state index contributed by atoms with van der Waals surface area (Å²) < 4.78 is 0. The van der Waals surface area contributed by atoms with Crippen LogP contribution in [0.5, 0.6) is 0 Å². The first-order chi connectivity index (χ1) is 13.7. The van der Waals surface area contributed by atoms with Crippen LogP contribution in [0, 0.1) is 13.8 Å². The van der Waals surface area contributed by atoms with E-state index in [0.717, 1.165) is 0 Å². The molecule has 0 aliphatic heterocycles. The molecule has 4 rings (SSSR count). The molecular weight excluding hydrogens is 336 g/mol. The van der Waals surface area contributed by atoms with Gasteiger partial charge in [-0.2, -0.15) is 0 Å². The minimum atomic E-state index is 1.18. The molecule has 0 nitrogen and oxygen atoms in total. The lowest BCUT2D eigenvalue weighted by Gasteiger charge is -2.20. The maximum absolute atomic E-state index is 4.19. The molecule has 0 heteroatoms. The van der Waals surface area contributed by atoms with Crippen LogP contribution in [0.1, 0.15) is 16.7 Å². The molecule has 0 aromatic heterocycles. The largest absolute Gasteiger partial charge is 0.0984 e. The number of benzene rings is 4. The zero-order valence-corrected chi connectivity index (χ0v) is 16.4. The highest BCUT2D eigenvalue weighted by Gasteiger charge is 2.17. The van der Waals surface area contributed by atoms with E-state index < -0.39 is 0 Å². The Kier molecular flexibility index (Phi) is 4.95. The van der Waals surface area contributed by atoms with Crippen molar-refractivity contribution in [3.8, 4) is 33.4 Å². The Labute approximate surface area is 167 Å². The molecule has 0 aliphatic carbocycles. The van der Waals surface area contributed by atoms with E-state index in [9.17, 15) is 0 Å². The van der Waals surface area contributed by atoms with Crippen LogP contribution < -0.4 is 0 Å². The van der Waals surface area contributed by atoms with Crippen molar-refractivity contribution in [2.75, 3.05) is 0 Å². The maximum Gasteiger partial charge on any atom is -0.00241 e. The lowest BCUT2D eigenvalue weighted by atomic mass is 9.83. The van der Waals surface area contributed by atoms with Crippen LogP contribution in [-0.2, 0) is 0 Å². The first-order valence-electron chi connectivity index (χ1n) is 9.67. The number of rotatable bonds is 4. The Morgan fingerprint density at radius 1 is 0.536 bits per heavy atom. The summed E-state index contributed by atoms with van der Waals surface area (Å²) >= 11 is 0. The van der Waals surface area contributed by atoms with Crippen LogP contribution in [0.15, 0.2) is 97.6 Å². The van der Waals surface area contributed by atoms with Crippen molar-refractivity contribution in [3.63, 3.8) is 0 Å². The monoisotopic (exact) mass is 360 g/mol. The molecule has 28 heavy (non-hydrogen) atoms. The Morgan fingerprint density at radius 2 is 1.07 bits per heavy atom. The van der Waals surface area contributed by atoms with Crippen LogP contribution in [0.4, 0.5) is 0 Å². The highest BCUT2D eigenvalue weighted by atomic mass is 14.2. The summed E-state index contributed by atoms with van der Waals surface area (Å²) in [5.74, 6) is 0. The molecule has 136 valence electrons. The molecule has 0 saturated heterocycles. The lowest BCUT2D eigenvalue weighted by molar-refractivity contribution is 1.42. The summed E-state index contributed by atoms with van der Waals surface area (Å²) in [6.45, 7) is 8.55. The third kappa shape index (κ3) is 3.18. The minimum Gasteiger partial charge on any atom is -0.0984 e. The van der Waals surface area contributed by atoms with Crippen LogP contribution >= 0.6 is 0 Å². The predicted molar refractivity (Wildman–Crippen MR) is 122 cm³/mol. The summed E-state index contributed by atoms with van der Waals surface area (Å²) in [7, 11) is 0. The highest BCUT2D eigenvalue weighted by Crippen LogP contribution is 2.42. The third-order valence-corrected chi connectivity index (χ3v) is 5.38. The number of hydrogen-bond acceptors (Lipinski definition) is 0. The smallest absolute Gasteiger partial charge is 0.00241 e. The molecule has 0 heterocycles. The summed E-state index contributed by atoms with van der Waals surface area (Å²) in [6, 6.07) is 32.3. The van der Waals surface area contributed by atoms with Gasteiger partial charge in [-0.3, -0.25) is 0 Å². The molecule has 0 saturated carbocycles. The van der Waals surface area contributed by atoms with Gasteiger partial charge < -0.3 is 0 Å². The fourth-order valence-electron chi connectivity index (χ4n) is 3.94. The van der Waals surface area contributed by atoms with Crippen LogP contribution in [0.3, 0.4) is 0 Å². The maximum atomic E-state index is 4.19. The topological polar surface area (TPSA) is 0 Å². The van der Waals surface area contributed by atoms with Gasteiger partial charge in [0.2, 0.25) is 0 Å². The number of hydrogen-bond donors (Lipinski definition) is 0. The van der Waals surface area contributed by atoms with Gasteiger partial charge in [-0.25, -0.2) is 0 Å². The predicted octanol–water partition coefficient (Wildman–Crippen LogP) is 7.95. The van der Waals surface area contributed by atoms with Crippen LogP contribution in [0.25, 0.3) is 39.5 Å².